The molecule has 2 N–H and O–H groups in total. The minimum atomic E-state index is -2.59. The molecular formula is C10H13F2N3O. The zero-order valence-corrected chi connectivity index (χ0v) is 8.67. The van der Waals surface area contributed by atoms with Crippen LogP contribution in [0, 0.1) is 5.92 Å². The van der Waals surface area contributed by atoms with Gasteiger partial charge in [0.2, 0.25) is 11.8 Å². The van der Waals surface area contributed by atoms with Gasteiger partial charge in [-0.3, -0.25) is 9.89 Å². The van der Waals surface area contributed by atoms with Crippen molar-refractivity contribution in [1.29, 1.82) is 0 Å². The standard InChI is InChI=1S/C10H13F2N3O/c11-10(12)4-1-7(2-5-10)9(16)14-8-3-6-13-15-8/h3,6-7H,1-2,4-5H2,(H2,13,14,15,16). The van der Waals surface area contributed by atoms with Crippen LogP contribution in [0.4, 0.5) is 14.6 Å². The van der Waals surface area contributed by atoms with Gasteiger partial charge >= 0.3 is 0 Å². The van der Waals surface area contributed by atoms with Crippen molar-refractivity contribution in [2.45, 2.75) is 31.6 Å². The van der Waals surface area contributed by atoms with Gasteiger partial charge in [-0.2, -0.15) is 5.10 Å². The van der Waals surface area contributed by atoms with Gasteiger partial charge in [-0.25, -0.2) is 8.78 Å². The molecule has 0 bridgehead atoms. The van der Waals surface area contributed by atoms with Crippen LogP contribution in [0.2, 0.25) is 0 Å². The maximum absolute atomic E-state index is 12.9. The molecule has 0 aliphatic heterocycles. The Morgan fingerprint density at radius 2 is 2.19 bits per heavy atom. The molecule has 6 heteroatoms. The average Bonchev–Trinajstić information content (AvgIpc) is 2.70. The topological polar surface area (TPSA) is 57.8 Å². The number of hydrogen-bond donors (Lipinski definition) is 2. The van der Waals surface area contributed by atoms with Crippen LogP contribution in [0.1, 0.15) is 25.7 Å². The van der Waals surface area contributed by atoms with Crippen LogP contribution < -0.4 is 5.32 Å². The lowest BCUT2D eigenvalue weighted by Crippen LogP contribution is -2.31. The van der Waals surface area contributed by atoms with Crippen LogP contribution in [-0.4, -0.2) is 22.0 Å². The van der Waals surface area contributed by atoms with E-state index in [2.05, 4.69) is 15.5 Å². The second-order valence-electron chi connectivity index (χ2n) is 4.09. The molecule has 1 saturated carbocycles. The SMILES string of the molecule is O=C(Nc1ccn[nH]1)C1CCC(F)(F)CC1. The van der Waals surface area contributed by atoms with Crippen LogP contribution in [0.5, 0.6) is 0 Å². The largest absolute Gasteiger partial charge is 0.311 e. The van der Waals surface area contributed by atoms with Crippen LogP contribution in [0.3, 0.4) is 0 Å². The molecule has 16 heavy (non-hydrogen) atoms. The fourth-order valence-electron chi connectivity index (χ4n) is 1.86. The molecule has 1 aliphatic rings. The second-order valence-corrected chi connectivity index (χ2v) is 4.09. The summed E-state index contributed by atoms with van der Waals surface area (Å²) in [5.41, 5.74) is 0. The molecule has 1 aromatic heterocycles. The van der Waals surface area contributed by atoms with E-state index in [4.69, 9.17) is 0 Å². The van der Waals surface area contributed by atoms with Gasteiger partial charge in [-0.15, -0.1) is 0 Å². The normalized spacial score (nSPS) is 20.6. The first-order chi connectivity index (χ1) is 7.57. The van der Waals surface area contributed by atoms with Crippen LogP contribution in [0.15, 0.2) is 12.3 Å². The maximum Gasteiger partial charge on any atom is 0.248 e. The summed E-state index contributed by atoms with van der Waals surface area (Å²) >= 11 is 0. The molecule has 1 amide bonds. The smallest absolute Gasteiger partial charge is 0.248 e. The number of carbonyl (C=O) groups is 1. The Labute approximate surface area is 91.4 Å². The van der Waals surface area contributed by atoms with E-state index in [0.29, 0.717) is 5.82 Å². The van der Waals surface area contributed by atoms with E-state index in [-0.39, 0.29) is 37.5 Å². The predicted octanol–water partition coefficient (Wildman–Crippen LogP) is 2.17. The summed E-state index contributed by atoms with van der Waals surface area (Å²) in [6.07, 6.45) is 1.60. The molecule has 2 rings (SSSR count). The van der Waals surface area contributed by atoms with E-state index >= 15 is 0 Å². The lowest BCUT2D eigenvalue weighted by atomic mass is 9.86. The Morgan fingerprint density at radius 3 is 2.75 bits per heavy atom. The fourth-order valence-corrected chi connectivity index (χ4v) is 1.86. The number of H-pyrrole nitrogens is 1. The molecule has 1 aliphatic carbocycles. The Morgan fingerprint density at radius 1 is 1.50 bits per heavy atom. The summed E-state index contributed by atoms with van der Waals surface area (Å²) in [6, 6.07) is 1.62. The number of amides is 1. The number of anilines is 1. The summed E-state index contributed by atoms with van der Waals surface area (Å²) < 4.78 is 25.7. The predicted molar refractivity (Wildman–Crippen MR) is 54.1 cm³/mol. The van der Waals surface area contributed by atoms with E-state index < -0.39 is 5.92 Å². The second kappa shape index (κ2) is 4.19. The number of alkyl halides is 2. The zero-order chi connectivity index (χ0) is 11.6. The quantitative estimate of drug-likeness (QED) is 0.816. The van der Waals surface area contributed by atoms with Gasteiger partial charge in [0.1, 0.15) is 5.82 Å². The van der Waals surface area contributed by atoms with Gasteiger partial charge in [0.05, 0.1) is 6.20 Å². The lowest BCUT2D eigenvalue weighted by molar-refractivity contribution is -0.124. The van der Waals surface area contributed by atoms with Crippen molar-refractivity contribution < 1.29 is 13.6 Å². The molecule has 1 fully saturated rings. The summed E-state index contributed by atoms with van der Waals surface area (Å²) in [7, 11) is 0. The summed E-state index contributed by atoms with van der Waals surface area (Å²) in [4.78, 5) is 11.7. The van der Waals surface area contributed by atoms with Crippen LogP contribution >= 0.6 is 0 Å². The highest BCUT2D eigenvalue weighted by molar-refractivity contribution is 5.91. The van der Waals surface area contributed by atoms with Crippen molar-refractivity contribution in [2.24, 2.45) is 5.92 Å². The highest BCUT2D eigenvalue weighted by Gasteiger charge is 2.37. The number of nitrogens with one attached hydrogen (secondary N) is 2. The molecule has 88 valence electrons. The van der Waals surface area contributed by atoms with Gasteiger partial charge < -0.3 is 5.32 Å². The highest BCUT2D eigenvalue weighted by Crippen LogP contribution is 2.36. The van der Waals surface area contributed by atoms with Gasteiger partial charge in [0.15, 0.2) is 0 Å². The fraction of sp³-hybridized carbons (Fsp3) is 0.600. The molecule has 1 heterocycles. The zero-order valence-electron chi connectivity index (χ0n) is 8.67. The van der Waals surface area contributed by atoms with E-state index in [9.17, 15) is 13.6 Å². The molecule has 4 nitrogen and oxygen atoms in total. The third kappa shape index (κ3) is 2.56. The third-order valence-electron chi connectivity index (χ3n) is 2.85. The first-order valence-electron chi connectivity index (χ1n) is 5.25. The number of hydrogen-bond acceptors (Lipinski definition) is 2. The Bertz CT molecular complexity index is 354. The summed E-state index contributed by atoms with van der Waals surface area (Å²) in [6.45, 7) is 0. The lowest BCUT2D eigenvalue weighted by Gasteiger charge is -2.27. The van der Waals surface area contributed by atoms with Crippen molar-refractivity contribution in [1.82, 2.24) is 10.2 Å². The molecule has 0 aromatic carbocycles. The monoisotopic (exact) mass is 229 g/mol. The Hall–Kier alpha value is -1.46. The van der Waals surface area contributed by atoms with E-state index in [1.165, 1.54) is 6.20 Å². The number of aromatic nitrogens is 2. The summed E-state index contributed by atoms with van der Waals surface area (Å²) in [5, 5.41) is 8.89. The van der Waals surface area contributed by atoms with Crippen molar-refractivity contribution in [3.8, 4) is 0 Å². The van der Waals surface area contributed by atoms with E-state index in [0.717, 1.165) is 0 Å². The van der Waals surface area contributed by atoms with Crippen molar-refractivity contribution in [3.63, 3.8) is 0 Å². The average molecular weight is 229 g/mol. The Kier molecular flexibility index (Phi) is 2.89. The maximum atomic E-state index is 12.9. The third-order valence-corrected chi connectivity index (χ3v) is 2.85. The van der Waals surface area contributed by atoms with Crippen LogP contribution in [-0.2, 0) is 4.79 Å². The van der Waals surface area contributed by atoms with Crippen LogP contribution in [0.25, 0.3) is 0 Å². The van der Waals surface area contributed by atoms with Gasteiger partial charge in [-0.1, -0.05) is 0 Å². The minimum absolute atomic E-state index is 0.200. The molecule has 0 unspecified atom stereocenters. The Balaban J connectivity index is 1.87. The van der Waals surface area contributed by atoms with Crippen molar-refractivity contribution in [2.75, 3.05) is 5.32 Å². The van der Waals surface area contributed by atoms with Gasteiger partial charge in [0.25, 0.3) is 0 Å². The number of halogens is 2. The molecular weight excluding hydrogens is 216 g/mol. The molecule has 1 aromatic rings. The first kappa shape index (κ1) is 11.0. The minimum Gasteiger partial charge on any atom is -0.311 e. The molecule has 0 radical (unpaired) electrons. The number of rotatable bonds is 2. The number of aromatic amines is 1. The number of carbonyl (C=O) groups excluding carboxylic acids is 1. The van der Waals surface area contributed by atoms with Crippen molar-refractivity contribution in [3.05, 3.63) is 12.3 Å². The van der Waals surface area contributed by atoms with E-state index in [1.807, 2.05) is 0 Å². The molecule has 0 saturated heterocycles. The van der Waals surface area contributed by atoms with Crippen molar-refractivity contribution >= 4 is 11.7 Å². The summed E-state index contributed by atoms with van der Waals surface area (Å²) in [5.74, 6) is -2.62. The number of nitrogens with zero attached hydrogens (tertiary/aromatic N) is 1. The molecule has 0 spiro atoms. The van der Waals surface area contributed by atoms with E-state index in [1.54, 1.807) is 6.07 Å². The van der Waals surface area contributed by atoms with Gasteiger partial charge in [0, 0.05) is 24.8 Å². The molecule has 0 atom stereocenters. The first-order valence-corrected chi connectivity index (χ1v) is 5.25. The van der Waals surface area contributed by atoms with Gasteiger partial charge in [-0.05, 0) is 12.8 Å². The highest BCUT2D eigenvalue weighted by atomic mass is 19.3.